The molecule has 0 amide bonds. The fourth-order valence-electron chi connectivity index (χ4n) is 4.47. The molecule has 1 aromatic rings. The van der Waals surface area contributed by atoms with Gasteiger partial charge in [0.1, 0.15) is 0 Å². The summed E-state index contributed by atoms with van der Waals surface area (Å²) in [7, 11) is 0. The molecule has 1 aliphatic heterocycles. The van der Waals surface area contributed by atoms with Crippen LogP contribution in [-0.2, 0) is 17.9 Å². The monoisotopic (exact) mass is 379 g/mol. The fraction of sp³-hybridized carbons (Fsp3) is 0.684. The van der Waals surface area contributed by atoms with Crippen molar-refractivity contribution in [3.05, 3.63) is 34.9 Å². The van der Waals surface area contributed by atoms with E-state index >= 15 is 0 Å². The van der Waals surface area contributed by atoms with Gasteiger partial charge in [0, 0.05) is 5.54 Å². The lowest BCUT2D eigenvalue weighted by Gasteiger charge is -2.49. The van der Waals surface area contributed by atoms with Crippen LogP contribution in [0.3, 0.4) is 0 Å². The van der Waals surface area contributed by atoms with E-state index in [1.165, 1.54) is 0 Å². The van der Waals surface area contributed by atoms with Crippen LogP contribution in [0.2, 0.25) is 0 Å². The van der Waals surface area contributed by atoms with Crippen molar-refractivity contribution >= 4 is 0 Å². The van der Waals surface area contributed by atoms with Crippen LogP contribution in [-0.4, -0.2) is 18.0 Å². The van der Waals surface area contributed by atoms with Gasteiger partial charge in [0.15, 0.2) is 0 Å². The van der Waals surface area contributed by atoms with E-state index in [1.807, 2.05) is 0 Å². The quantitative estimate of drug-likeness (QED) is 0.540. The zero-order chi connectivity index (χ0) is 19.0. The lowest BCUT2D eigenvalue weighted by molar-refractivity contribution is -0.143. The summed E-state index contributed by atoms with van der Waals surface area (Å²) >= 11 is 0. The predicted octanol–water partition coefficient (Wildman–Crippen LogP) is 6.37. The van der Waals surface area contributed by atoms with Crippen molar-refractivity contribution < 1.29 is 26.3 Å². The van der Waals surface area contributed by atoms with Gasteiger partial charge in [0.05, 0.1) is 11.1 Å². The summed E-state index contributed by atoms with van der Waals surface area (Å²) in [5, 5.41) is 0. The summed E-state index contributed by atoms with van der Waals surface area (Å²) in [6.45, 7) is 1.47. The summed E-state index contributed by atoms with van der Waals surface area (Å²) < 4.78 is 79.7. The molecule has 0 aromatic heterocycles. The zero-order valence-corrected chi connectivity index (χ0v) is 14.5. The average molecular weight is 379 g/mol. The van der Waals surface area contributed by atoms with E-state index in [4.69, 9.17) is 0 Å². The third kappa shape index (κ3) is 3.87. The molecule has 1 saturated carbocycles. The van der Waals surface area contributed by atoms with Crippen LogP contribution in [0, 0.1) is 0 Å². The van der Waals surface area contributed by atoms with Gasteiger partial charge in [-0.1, -0.05) is 25.7 Å². The number of piperidine rings is 1. The van der Waals surface area contributed by atoms with Crippen molar-refractivity contribution in [3.63, 3.8) is 0 Å². The molecule has 2 fully saturated rings. The van der Waals surface area contributed by atoms with Crippen molar-refractivity contribution in [2.75, 3.05) is 13.1 Å². The van der Waals surface area contributed by atoms with Gasteiger partial charge in [-0.05, 0) is 62.5 Å². The molecule has 0 N–H and O–H groups in total. The highest BCUT2D eigenvalue weighted by atomic mass is 19.4. The number of hydrogen-bond donors (Lipinski definition) is 0. The van der Waals surface area contributed by atoms with Gasteiger partial charge >= 0.3 is 12.4 Å². The van der Waals surface area contributed by atoms with Crippen LogP contribution in [0.4, 0.5) is 26.3 Å². The Labute approximate surface area is 149 Å². The first-order chi connectivity index (χ1) is 12.1. The van der Waals surface area contributed by atoms with E-state index in [1.54, 1.807) is 0 Å². The molecular weight excluding hydrogens is 356 g/mol. The number of benzene rings is 1. The Balaban J connectivity index is 2.13. The first-order valence-electron chi connectivity index (χ1n) is 9.18. The molecule has 1 aromatic carbocycles. The molecule has 0 bridgehead atoms. The van der Waals surface area contributed by atoms with Crippen LogP contribution in [0.25, 0.3) is 0 Å². The number of likely N-dealkylation sites (tertiary alicyclic amines) is 1. The molecule has 1 saturated heterocycles. The summed E-state index contributed by atoms with van der Waals surface area (Å²) in [5.74, 6) is 0. The molecule has 1 nitrogen and oxygen atoms in total. The SMILES string of the molecule is FC(F)(F)c1cc(C(F)(F)F)cc(C2(N3CCCCC3)CCCCC2)c1. The van der Waals surface area contributed by atoms with Crippen molar-refractivity contribution in [1.82, 2.24) is 4.90 Å². The second kappa shape index (κ2) is 7.06. The Morgan fingerprint density at radius 3 is 1.58 bits per heavy atom. The van der Waals surface area contributed by atoms with Crippen molar-refractivity contribution in [2.24, 2.45) is 0 Å². The molecular formula is C19H23F6N. The molecule has 0 unspecified atom stereocenters. The molecule has 0 spiro atoms. The highest BCUT2D eigenvalue weighted by molar-refractivity contribution is 5.38. The van der Waals surface area contributed by atoms with E-state index in [-0.39, 0.29) is 11.6 Å². The van der Waals surface area contributed by atoms with Crippen LogP contribution < -0.4 is 0 Å². The largest absolute Gasteiger partial charge is 0.416 e. The van der Waals surface area contributed by atoms with Gasteiger partial charge < -0.3 is 0 Å². The third-order valence-corrected chi connectivity index (χ3v) is 5.77. The maximum Gasteiger partial charge on any atom is 0.416 e. The Morgan fingerprint density at radius 2 is 1.12 bits per heavy atom. The predicted molar refractivity (Wildman–Crippen MR) is 86.6 cm³/mol. The van der Waals surface area contributed by atoms with Gasteiger partial charge in [0.25, 0.3) is 0 Å². The Bertz CT molecular complexity index is 590. The minimum absolute atomic E-state index is 0.182. The van der Waals surface area contributed by atoms with Gasteiger partial charge in [-0.15, -0.1) is 0 Å². The molecule has 0 atom stereocenters. The summed E-state index contributed by atoms with van der Waals surface area (Å²) in [5.41, 5.74) is -2.94. The first-order valence-corrected chi connectivity index (χ1v) is 9.18. The Hall–Kier alpha value is -1.24. The zero-order valence-electron chi connectivity index (χ0n) is 14.5. The van der Waals surface area contributed by atoms with E-state index < -0.39 is 29.0 Å². The molecule has 26 heavy (non-hydrogen) atoms. The fourth-order valence-corrected chi connectivity index (χ4v) is 4.47. The van der Waals surface area contributed by atoms with Crippen LogP contribution in [0.5, 0.6) is 0 Å². The number of halogens is 6. The number of rotatable bonds is 2. The molecule has 3 rings (SSSR count). The van der Waals surface area contributed by atoms with E-state index in [9.17, 15) is 26.3 Å². The summed E-state index contributed by atoms with van der Waals surface area (Å²) in [4.78, 5) is 2.14. The van der Waals surface area contributed by atoms with E-state index in [2.05, 4.69) is 4.90 Å². The van der Waals surface area contributed by atoms with Gasteiger partial charge in [-0.25, -0.2) is 0 Å². The van der Waals surface area contributed by atoms with E-state index in [0.717, 1.165) is 63.7 Å². The molecule has 1 aliphatic carbocycles. The highest BCUT2D eigenvalue weighted by Crippen LogP contribution is 2.46. The normalized spacial score (nSPS) is 22.4. The third-order valence-electron chi connectivity index (χ3n) is 5.77. The first kappa shape index (κ1) is 19.5. The van der Waals surface area contributed by atoms with Crippen LogP contribution in [0.15, 0.2) is 18.2 Å². The molecule has 1 heterocycles. The highest BCUT2D eigenvalue weighted by Gasteiger charge is 2.44. The minimum atomic E-state index is -4.80. The lowest BCUT2D eigenvalue weighted by atomic mass is 9.73. The maximum atomic E-state index is 13.3. The van der Waals surface area contributed by atoms with Crippen LogP contribution in [0.1, 0.15) is 68.1 Å². The molecule has 146 valence electrons. The van der Waals surface area contributed by atoms with Gasteiger partial charge in [-0.3, -0.25) is 4.90 Å². The lowest BCUT2D eigenvalue weighted by Crippen LogP contribution is -2.50. The number of alkyl halides is 6. The second-order valence-electron chi connectivity index (χ2n) is 7.43. The minimum Gasteiger partial charge on any atom is -0.294 e. The maximum absolute atomic E-state index is 13.3. The molecule has 7 heteroatoms. The molecule has 0 radical (unpaired) electrons. The topological polar surface area (TPSA) is 3.24 Å². The van der Waals surface area contributed by atoms with Gasteiger partial charge in [0.2, 0.25) is 0 Å². The summed E-state index contributed by atoms with van der Waals surface area (Å²) in [6, 6.07) is 2.14. The second-order valence-corrected chi connectivity index (χ2v) is 7.43. The Morgan fingerprint density at radius 1 is 0.654 bits per heavy atom. The average Bonchev–Trinajstić information content (AvgIpc) is 2.61. The number of hydrogen-bond acceptors (Lipinski definition) is 1. The van der Waals surface area contributed by atoms with Crippen molar-refractivity contribution in [1.29, 1.82) is 0 Å². The van der Waals surface area contributed by atoms with Crippen LogP contribution >= 0.6 is 0 Å². The molecule has 2 aliphatic rings. The van der Waals surface area contributed by atoms with Crippen molar-refractivity contribution in [3.8, 4) is 0 Å². The smallest absolute Gasteiger partial charge is 0.294 e. The standard InChI is InChI=1S/C19H23F6N/c20-18(21,22)15-11-14(12-16(13-15)19(23,24)25)17(7-3-1-4-8-17)26-9-5-2-6-10-26/h11-13H,1-10H2. The van der Waals surface area contributed by atoms with Gasteiger partial charge in [-0.2, -0.15) is 26.3 Å². The van der Waals surface area contributed by atoms with E-state index in [0.29, 0.717) is 12.8 Å². The Kier molecular flexibility index (Phi) is 5.30. The summed E-state index contributed by atoms with van der Waals surface area (Å²) in [6.07, 6.45) is -2.80. The number of nitrogens with zero attached hydrogens (tertiary/aromatic N) is 1. The van der Waals surface area contributed by atoms with Crippen molar-refractivity contribution in [2.45, 2.75) is 69.3 Å².